The van der Waals surface area contributed by atoms with Gasteiger partial charge in [0.2, 0.25) is 9.84 Å². The Morgan fingerprint density at radius 3 is 2.33 bits per heavy atom. The second-order valence-electron chi connectivity index (χ2n) is 9.04. The van der Waals surface area contributed by atoms with E-state index in [4.69, 9.17) is 9.57 Å². The summed E-state index contributed by atoms with van der Waals surface area (Å²) in [6, 6.07) is 14.7. The molecular weight excluding hydrogens is 542 g/mol. The largest absolute Gasteiger partial charge is 0.356 e. The SMILES string of the molecule is COC1C=c2c(Nc3ccc(S(=O)(=O)c4ccccc4)cc3)ncnc2=CN1OCCN(C)CCS(C)(=O)=O. The fourth-order valence-corrected chi connectivity index (χ4v) is 5.72. The Morgan fingerprint density at radius 2 is 1.67 bits per heavy atom. The molecule has 208 valence electrons. The van der Waals surface area contributed by atoms with Crippen molar-refractivity contribution in [3.05, 3.63) is 71.5 Å². The van der Waals surface area contributed by atoms with Crippen LogP contribution in [0.3, 0.4) is 0 Å². The van der Waals surface area contributed by atoms with Crippen molar-refractivity contribution in [2.24, 2.45) is 0 Å². The summed E-state index contributed by atoms with van der Waals surface area (Å²) >= 11 is 0. The molecule has 11 nitrogen and oxygen atoms in total. The van der Waals surface area contributed by atoms with Crippen molar-refractivity contribution in [3.63, 3.8) is 0 Å². The van der Waals surface area contributed by atoms with Crippen LogP contribution in [0.4, 0.5) is 11.5 Å². The van der Waals surface area contributed by atoms with Gasteiger partial charge < -0.3 is 15.0 Å². The first-order valence-corrected chi connectivity index (χ1v) is 15.6. The second-order valence-corrected chi connectivity index (χ2v) is 13.2. The average Bonchev–Trinajstić information content (AvgIpc) is 2.92. The van der Waals surface area contributed by atoms with Gasteiger partial charge in [-0.15, -0.1) is 0 Å². The molecule has 3 aromatic rings. The molecule has 39 heavy (non-hydrogen) atoms. The molecule has 0 fully saturated rings. The number of hydrogen-bond acceptors (Lipinski definition) is 11. The van der Waals surface area contributed by atoms with Crippen LogP contribution in [0, 0.1) is 0 Å². The van der Waals surface area contributed by atoms with E-state index in [0.29, 0.717) is 41.8 Å². The van der Waals surface area contributed by atoms with Gasteiger partial charge in [-0.05, 0) is 49.5 Å². The van der Waals surface area contributed by atoms with Gasteiger partial charge in [0.1, 0.15) is 22.0 Å². The lowest BCUT2D eigenvalue weighted by Crippen LogP contribution is -2.45. The summed E-state index contributed by atoms with van der Waals surface area (Å²) in [6.45, 7) is 1.25. The molecule has 0 saturated heterocycles. The lowest BCUT2D eigenvalue weighted by atomic mass is 10.2. The number of benzene rings is 2. The summed E-state index contributed by atoms with van der Waals surface area (Å²) in [5.41, 5.74) is 0.654. The van der Waals surface area contributed by atoms with Gasteiger partial charge in [0.05, 0.1) is 33.7 Å². The number of methoxy groups -OCH3 is 1. The molecule has 1 unspecified atom stereocenters. The number of hydrogen-bond donors (Lipinski definition) is 1. The molecule has 2 aromatic carbocycles. The molecule has 0 saturated carbocycles. The van der Waals surface area contributed by atoms with Gasteiger partial charge in [0.25, 0.3) is 0 Å². The number of fused-ring (bicyclic) bond motifs is 1. The smallest absolute Gasteiger partial charge is 0.206 e. The van der Waals surface area contributed by atoms with Crippen LogP contribution in [0.2, 0.25) is 0 Å². The Bertz CT molecular complexity index is 1620. The van der Waals surface area contributed by atoms with Gasteiger partial charge in [-0.25, -0.2) is 31.9 Å². The first kappa shape index (κ1) is 28.6. The molecule has 0 radical (unpaired) electrons. The predicted molar refractivity (Wildman–Crippen MR) is 148 cm³/mol. The van der Waals surface area contributed by atoms with Crippen molar-refractivity contribution in [1.29, 1.82) is 0 Å². The topological polar surface area (TPSA) is 131 Å². The van der Waals surface area contributed by atoms with E-state index < -0.39 is 25.9 Å². The quantitative estimate of drug-likeness (QED) is 0.330. The van der Waals surface area contributed by atoms with E-state index >= 15 is 0 Å². The molecule has 1 aliphatic heterocycles. The van der Waals surface area contributed by atoms with Crippen LogP contribution in [0.25, 0.3) is 12.3 Å². The summed E-state index contributed by atoms with van der Waals surface area (Å²) in [5.74, 6) is 0.608. The summed E-state index contributed by atoms with van der Waals surface area (Å²) in [6.07, 6.45) is 5.61. The number of ether oxygens (including phenoxy) is 1. The number of likely N-dealkylation sites (N-methyl/N-ethyl adjacent to an activating group) is 1. The minimum Gasteiger partial charge on any atom is -0.356 e. The third-order valence-corrected chi connectivity index (χ3v) is 8.71. The molecule has 1 aromatic heterocycles. The monoisotopic (exact) mass is 573 g/mol. The minimum atomic E-state index is -3.61. The van der Waals surface area contributed by atoms with Crippen molar-refractivity contribution in [3.8, 4) is 0 Å². The second kappa shape index (κ2) is 12.2. The summed E-state index contributed by atoms with van der Waals surface area (Å²) < 4.78 is 54.1. The molecule has 13 heteroatoms. The molecular formula is C26H31N5O6S2. The van der Waals surface area contributed by atoms with E-state index in [1.54, 1.807) is 73.0 Å². The Balaban J connectivity index is 1.47. The fourth-order valence-electron chi connectivity index (χ4n) is 3.79. The fraction of sp³-hybridized carbons (Fsp3) is 0.308. The van der Waals surface area contributed by atoms with Crippen LogP contribution < -0.4 is 15.9 Å². The van der Waals surface area contributed by atoms with Crippen LogP contribution in [-0.2, 0) is 29.2 Å². The number of aromatic nitrogens is 2. The molecule has 1 atom stereocenters. The highest BCUT2D eigenvalue weighted by molar-refractivity contribution is 7.91. The number of nitrogens with zero attached hydrogens (tertiary/aromatic N) is 4. The van der Waals surface area contributed by atoms with Gasteiger partial charge in [-0.3, -0.25) is 4.84 Å². The van der Waals surface area contributed by atoms with Crippen LogP contribution in [0.15, 0.2) is 70.7 Å². The van der Waals surface area contributed by atoms with Crippen molar-refractivity contribution in [1.82, 2.24) is 19.9 Å². The first-order valence-electron chi connectivity index (χ1n) is 12.1. The van der Waals surface area contributed by atoms with Crippen LogP contribution in [-0.4, -0.2) is 88.9 Å². The lowest BCUT2D eigenvalue weighted by molar-refractivity contribution is -0.181. The highest BCUT2D eigenvalue weighted by Gasteiger charge is 2.20. The van der Waals surface area contributed by atoms with Crippen molar-refractivity contribution >= 4 is 43.5 Å². The summed E-state index contributed by atoms with van der Waals surface area (Å²) in [7, 11) is -3.26. The van der Waals surface area contributed by atoms with E-state index in [1.165, 1.54) is 12.6 Å². The molecule has 0 spiro atoms. The summed E-state index contributed by atoms with van der Waals surface area (Å²) in [4.78, 5) is 16.9. The zero-order valence-electron chi connectivity index (χ0n) is 21.9. The van der Waals surface area contributed by atoms with Gasteiger partial charge in [-0.2, -0.15) is 0 Å². The lowest BCUT2D eigenvalue weighted by Gasteiger charge is -2.29. The van der Waals surface area contributed by atoms with Gasteiger partial charge in [0.15, 0.2) is 6.23 Å². The zero-order chi connectivity index (χ0) is 28.0. The molecule has 1 aliphatic rings. The van der Waals surface area contributed by atoms with E-state index in [-0.39, 0.29) is 15.5 Å². The highest BCUT2D eigenvalue weighted by Crippen LogP contribution is 2.23. The predicted octanol–water partition coefficient (Wildman–Crippen LogP) is 0.768. The molecule has 1 N–H and O–H groups in total. The van der Waals surface area contributed by atoms with Crippen molar-refractivity contribution < 1.29 is 26.4 Å². The Kier molecular flexibility index (Phi) is 8.97. The van der Waals surface area contributed by atoms with Gasteiger partial charge in [-0.1, -0.05) is 18.2 Å². The first-order chi connectivity index (χ1) is 18.6. The highest BCUT2D eigenvalue weighted by atomic mass is 32.2. The molecule has 0 aliphatic carbocycles. The Morgan fingerprint density at radius 1 is 0.974 bits per heavy atom. The normalized spacial score (nSPS) is 15.4. The van der Waals surface area contributed by atoms with Crippen LogP contribution in [0.1, 0.15) is 0 Å². The maximum atomic E-state index is 12.9. The van der Waals surface area contributed by atoms with E-state index in [0.717, 1.165) is 0 Å². The molecule has 4 rings (SSSR count). The zero-order valence-corrected chi connectivity index (χ0v) is 23.5. The van der Waals surface area contributed by atoms with E-state index in [2.05, 4.69) is 15.3 Å². The molecule has 0 amide bonds. The maximum absolute atomic E-state index is 12.9. The number of rotatable bonds is 12. The van der Waals surface area contributed by atoms with E-state index in [9.17, 15) is 16.8 Å². The van der Waals surface area contributed by atoms with Crippen LogP contribution >= 0.6 is 0 Å². The van der Waals surface area contributed by atoms with Gasteiger partial charge >= 0.3 is 0 Å². The summed E-state index contributed by atoms with van der Waals surface area (Å²) in [5, 5.41) is 6.08. The average molecular weight is 574 g/mol. The third kappa shape index (κ3) is 7.40. The van der Waals surface area contributed by atoms with Crippen molar-refractivity contribution in [2.45, 2.75) is 16.0 Å². The Hall–Kier alpha value is -3.36. The standard InChI is InChI=1S/C26H31N5O6S2/c1-30(14-16-38(3,32)33)13-15-37-31-18-24-23(17-25(31)36-2)26(28-19-27-24)29-20-9-11-22(12-10-20)39(34,35)21-7-5-4-6-8-21/h4-12,17-19,25H,13-16H2,1-3H3,(H,27,28,29). The molecule has 0 bridgehead atoms. The number of nitrogens with one attached hydrogen (secondary N) is 1. The number of hydroxylamine groups is 2. The Labute approximate surface area is 228 Å². The minimum absolute atomic E-state index is 0.0828. The van der Waals surface area contributed by atoms with Crippen LogP contribution in [0.5, 0.6) is 0 Å². The number of sulfone groups is 2. The van der Waals surface area contributed by atoms with E-state index in [1.807, 2.05) is 18.0 Å². The molecule has 2 heterocycles. The van der Waals surface area contributed by atoms with Crippen molar-refractivity contribution in [2.75, 3.05) is 51.2 Å². The maximum Gasteiger partial charge on any atom is 0.206 e. The van der Waals surface area contributed by atoms with Gasteiger partial charge in [0, 0.05) is 37.4 Å². The number of anilines is 2. The third-order valence-electron chi connectivity index (χ3n) is 6.00.